The number of esters is 1. The van der Waals surface area contributed by atoms with Gasteiger partial charge in [0.2, 0.25) is 5.91 Å². The number of pyridine rings is 1. The number of halogens is 3. The Kier molecular flexibility index (Phi) is 8.60. The highest BCUT2D eigenvalue weighted by Crippen LogP contribution is 2.29. The van der Waals surface area contributed by atoms with E-state index < -0.39 is 29.7 Å². The molecule has 6 nitrogen and oxygen atoms in total. The number of hydrogen-bond donors (Lipinski definition) is 0. The molecule has 0 saturated heterocycles. The van der Waals surface area contributed by atoms with Crippen molar-refractivity contribution in [3.63, 3.8) is 0 Å². The van der Waals surface area contributed by atoms with Gasteiger partial charge in [-0.1, -0.05) is 36.4 Å². The molecule has 0 aliphatic rings. The number of amides is 1. The zero-order valence-electron chi connectivity index (χ0n) is 21.1. The van der Waals surface area contributed by atoms with Crippen LogP contribution in [0.15, 0.2) is 104 Å². The molecule has 2 heterocycles. The van der Waals surface area contributed by atoms with E-state index in [0.29, 0.717) is 5.56 Å². The second-order valence-corrected chi connectivity index (χ2v) is 8.77. The van der Waals surface area contributed by atoms with E-state index in [0.717, 1.165) is 28.8 Å². The van der Waals surface area contributed by atoms with Gasteiger partial charge < -0.3 is 14.2 Å². The third-order valence-corrected chi connectivity index (χ3v) is 6.16. The van der Waals surface area contributed by atoms with Crippen LogP contribution in [0.25, 0.3) is 17.2 Å². The summed E-state index contributed by atoms with van der Waals surface area (Å²) in [5.41, 5.74) is 2.38. The van der Waals surface area contributed by atoms with Crippen molar-refractivity contribution in [3.05, 3.63) is 120 Å². The molecule has 0 aliphatic carbocycles. The number of ether oxygens (including phenoxy) is 1. The molecule has 2 aromatic carbocycles. The van der Waals surface area contributed by atoms with Crippen molar-refractivity contribution in [2.24, 2.45) is 0 Å². The van der Waals surface area contributed by atoms with Crippen LogP contribution in [0.3, 0.4) is 0 Å². The lowest BCUT2D eigenvalue weighted by Crippen LogP contribution is -2.46. The first-order chi connectivity index (χ1) is 18.7. The summed E-state index contributed by atoms with van der Waals surface area (Å²) >= 11 is 0. The van der Waals surface area contributed by atoms with E-state index in [1.54, 1.807) is 29.4 Å². The molecule has 0 saturated carbocycles. The van der Waals surface area contributed by atoms with Crippen LogP contribution in [-0.4, -0.2) is 39.5 Å². The minimum Gasteiger partial charge on any atom is -0.467 e. The Morgan fingerprint density at radius 2 is 1.56 bits per heavy atom. The first-order valence-electron chi connectivity index (χ1n) is 12.1. The van der Waals surface area contributed by atoms with Gasteiger partial charge in [0, 0.05) is 37.4 Å². The average molecular weight is 534 g/mol. The number of carbonyl (C=O) groups excluding carboxylic acids is 2. The van der Waals surface area contributed by atoms with Crippen LogP contribution in [0.2, 0.25) is 0 Å². The Hall–Kier alpha value is -4.66. The number of nitrogens with zero attached hydrogens (tertiary/aromatic N) is 3. The van der Waals surface area contributed by atoms with E-state index in [1.807, 2.05) is 48.5 Å². The van der Waals surface area contributed by atoms with E-state index in [4.69, 9.17) is 4.74 Å². The van der Waals surface area contributed by atoms with Crippen molar-refractivity contribution in [1.82, 2.24) is 14.5 Å². The lowest BCUT2D eigenvalue weighted by molar-refractivity contribution is -0.152. The van der Waals surface area contributed by atoms with Crippen molar-refractivity contribution in [1.29, 1.82) is 0 Å². The van der Waals surface area contributed by atoms with Gasteiger partial charge in [-0.05, 0) is 64.7 Å². The van der Waals surface area contributed by atoms with Gasteiger partial charge in [0.1, 0.15) is 6.04 Å². The molecule has 0 radical (unpaired) electrons. The molecule has 2 aromatic heterocycles. The van der Waals surface area contributed by atoms with Crippen molar-refractivity contribution in [2.75, 3.05) is 7.11 Å². The Morgan fingerprint density at radius 1 is 0.949 bits per heavy atom. The predicted molar refractivity (Wildman–Crippen MR) is 141 cm³/mol. The molecule has 0 N–H and O–H groups in total. The van der Waals surface area contributed by atoms with Crippen LogP contribution in [0.4, 0.5) is 13.2 Å². The summed E-state index contributed by atoms with van der Waals surface area (Å²) < 4.78 is 45.5. The first kappa shape index (κ1) is 27.4. The third-order valence-electron chi connectivity index (χ3n) is 6.16. The lowest BCUT2D eigenvalue weighted by atomic mass is 10.0. The lowest BCUT2D eigenvalue weighted by Gasteiger charge is -2.29. The molecule has 0 fully saturated rings. The molecule has 1 atom stereocenters. The van der Waals surface area contributed by atoms with E-state index in [-0.39, 0.29) is 13.1 Å². The van der Waals surface area contributed by atoms with E-state index >= 15 is 0 Å². The summed E-state index contributed by atoms with van der Waals surface area (Å²) in [5, 5.41) is 0. The average Bonchev–Trinajstić information content (AvgIpc) is 3.47. The molecular formula is C30H26F3N3O3. The Bertz CT molecular complexity index is 1400. The summed E-state index contributed by atoms with van der Waals surface area (Å²) in [7, 11) is 1.26. The highest BCUT2D eigenvalue weighted by molar-refractivity contribution is 5.94. The normalized spacial score (nSPS) is 12.3. The topological polar surface area (TPSA) is 64.4 Å². The highest BCUT2D eigenvalue weighted by Gasteiger charge is 2.31. The molecule has 39 heavy (non-hydrogen) atoms. The van der Waals surface area contributed by atoms with Crippen LogP contribution in [0.5, 0.6) is 0 Å². The van der Waals surface area contributed by atoms with E-state index in [2.05, 4.69) is 4.98 Å². The van der Waals surface area contributed by atoms with Gasteiger partial charge in [0.25, 0.3) is 0 Å². The number of hydrogen-bond acceptors (Lipinski definition) is 4. The highest BCUT2D eigenvalue weighted by atomic mass is 19.4. The molecule has 4 aromatic rings. The maximum Gasteiger partial charge on any atom is 0.416 e. The monoisotopic (exact) mass is 533 g/mol. The standard InChI is InChI=1S/C30H26F3N3O3/c1-39-29(38)27(21-35-18-2-3-19-35)36(20-23-4-9-24(10-5-23)25-14-16-34-17-15-25)28(37)13-8-22-6-11-26(12-7-22)30(31,32)33/h2-19,27H,20-21H2,1H3. The zero-order chi connectivity index (χ0) is 27.8. The van der Waals surface area contributed by atoms with Crippen LogP contribution in [-0.2, 0) is 33.6 Å². The summed E-state index contributed by atoms with van der Waals surface area (Å²) in [6, 6.07) is 18.5. The molecule has 200 valence electrons. The molecule has 1 unspecified atom stereocenters. The van der Waals surface area contributed by atoms with Crippen molar-refractivity contribution < 1.29 is 27.5 Å². The number of carbonyl (C=O) groups is 2. The predicted octanol–water partition coefficient (Wildman–Crippen LogP) is 5.85. The SMILES string of the molecule is COC(=O)C(Cn1cccc1)N(Cc1ccc(-c2ccncc2)cc1)C(=O)C=Cc1ccc(C(F)(F)F)cc1. The first-order valence-corrected chi connectivity index (χ1v) is 12.1. The Labute approximate surface area is 224 Å². The smallest absolute Gasteiger partial charge is 0.416 e. The molecule has 1 amide bonds. The second-order valence-electron chi connectivity index (χ2n) is 8.77. The minimum absolute atomic E-state index is 0.105. The van der Waals surface area contributed by atoms with Gasteiger partial charge in [0.05, 0.1) is 19.2 Å². The van der Waals surface area contributed by atoms with Crippen LogP contribution >= 0.6 is 0 Å². The molecule has 4 rings (SSSR count). The summed E-state index contributed by atoms with van der Waals surface area (Å²) in [5.74, 6) is -1.08. The fraction of sp³-hybridized carbons (Fsp3) is 0.167. The van der Waals surface area contributed by atoms with Gasteiger partial charge in [-0.25, -0.2) is 4.79 Å². The molecular weight excluding hydrogens is 507 g/mol. The van der Waals surface area contributed by atoms with Gasteiger partial charge in [0.15, 0.2) is 0 Å². The number of rotatable bonds is 9. The number of benzene rings is 2. The van der Waals surface area contributed by atoms with Crippen molar-refractivity contribution >= 4 is 18.0 Å². The van der Waals surface area contributed by atoms with Gasteiger partial charge in [-0.2, -0.15) is 13.2 Å². The van der Waals surface area contributed by atoms with Crippen LogP contribution in [0.1, 0.15) is 16.7 Å². The van der Waals surface area contributed by atoms with Crippen LogP contribution in [0, 0.1) is 0 Å². The van der Waals surface area contributed by atoms with Gasteiger partial charge in [-0.3, -0.25) is 9.78 Å². The fourth-order valence-electron chi connectivity index (χ4n) is 4.06. The van der Waals surface area contributed by atoms with Gasteiger partial charge >= 0.3 is 12.1 Å². The van der Waals surface area contributed by atoms with Crippen molar-refractivity contribution in [2.45, 2.75) is 25.3 Å². The van der Waals surface area contributed by atoms with Gasteiger partial charge in [-0.15, -0.1) is 0 Å². The minimum atomic E-state index is -4.45. The van der Waals surface area contributed by atoms with E-state index in [9.17, 15) is 22.8 Å². The van der Waals surface area contributed by atoms with Crippen molar-refractivity contribution in [3.8, 4) is 11.1 Å². The number of alkyl halides is 3. The molecule has 0 bridgehead atoms. The second kappa shape index (κ2) is 12.3. The Balaban J connectivity index is 1.61. The quantitative estimate of drug-likeness (QED) is 0.200. The summed E-state index contributed by atoms with van der Waals surface area (Å²) in [4.78, 5) is 31.7. The molecule has 0 aliphatic heterocycles. The zero-order valence-corrected chi connectivity index (χ0v) is 21.1. The molecule has 9 heteroatoms. The maximum atomic E-state index is 13.5. The number of methoxy groups -OCH3 is 1. The van der Waals surface area contributed by atoms with E-state index in [1.165, 1.54) is 36.3 Å². The summed E-state index contributed by atoms with van der Waals surface area (Å²) in [6.45, 7) is 0.266. The summed E-state index contributed by atoms with van der Waals surface area (Å²) in [6.07, 6.45) is 5.18. The largest absolute Gasteiger partial charge is 0.467 e. The third kappa shape index (κ3) is 7.22. The Morgan fingerprint density at radius 3 is 2.15 bits per heavy atom. The molecule has 0 spiro atoms. The fourth-order valence-corrected chi connectivity index (χ4v) is 4.06. The van der Waals surface area contributed by atoms with Crippen LogP contribution < -0.4 is 0 Å². The number of aromatic nitrogens is 2. The maximum absolute atomic E-state index is 13.5.